The van der Waals surface area contributed by atoms with Crippen LogP contribution in [0, 0.1) is 0 Å². The molecular formula is C26H32N2O5. The van der Waals surface area contributed by atoms with E-state index in [9.17, 15) is 14.4 Å². The zero-order chi connectivity index (χ0) is 24.0. The van der Waals surface area contributed by atoms with Crippen LogP contribution in [-0.4, -0.2) is 53.2 Å². The number of hydrogen-bond acceptors (Lipinski definition) is 4. The standard InChI is InChI=1S/C26H32N2O5/c1-4-9-23(25(31)28(17(2)3)15-14-24(29)30)27-26(32)33-16-22-20-12-7-5-10-18(20)19-11-6-8-13-21(19)22/h5-8,10-13,17,22-23H,4,9,14-16H2,1-3H3,(H,27,32)(H,29,30). The summed E-state index contributed by atoms with van der Waals surface area (Å²) in [5.41, 5.74) is 4.53. The van der Waals surface area contributed by atoms with Crippen LogP contribution < -0.4 is 5.32 Å². The maximum Gasteiger partial charge on any atom is 0.407 e. The highest BCUT2D eigenvalue weighted by Gasteiger charge is 2.31. The number of carbonyl (C=O) groups excluding carboxylic acids is 2. The summed E-state index contributed by atoms with van der Waals surface area (Å²) in [5.74, 6) is -1.32. The average Bonchev–Trinajstić information content (AvgIpc) is 3.11. The van der Waals surface area contributed by atoms with Gasteiger partial charge in [0.1, 0.15) is 12.6 Å². The number of benzene rings is 2. The third-order valence-corrected chi connectivity index (χ3v) is 5.98. The van der Waals surface area contributed by atoms with Gasteiger partial charge in [-0.2, -0.15) is 0 Å². The van der Waals surface area contributed by atoms with Crippen LogP contribution >= 0.6 is 0 Å². The highest BCUT2D eigenvalue weighted by Crippen LogP contribution is 2.44. The van der Waals surface area contributed by atoms with E-state index in [1.54, 1.807) is 0 Å². The molecule has 0 spiro atoms. The van der Waals surface area contributed by atoms with Crippen molar-refractivity contribution in [1.29, 1.82) is 0 Å². The first-order valence-electron chi connectivity index (χ1n) is 11.5. The minimum Gasteiger partial charge on any atom is -0.481 e. The van der Waals surface area contributed by atoms with Crippen molar-refractivity contribution < 1.29 is 24.2 Å². The molecule has 3 rings (SSSR count). The van der Waals surface area contributed by atoms with Gasteiger partial charge in [0.25, 0.3) is 0 Å². The highest BCUT2D eigenvalue weighted by molar-refractivity contribution is 5.86. The van der Waals surface area contributed by atoms with Crippen LogP contribution in [0.3, 0.4) is 0 Å². The van der Waals surface area contributed by atoms with E-state index in [1.807, 2.05) is 57.2 Å². The van der Waals surface area contributed by atoms with Gasteiger partial charge < -0.3 is 20.1 Å². The van der Waals surface area contributed by atoms with Gasteiger partial charge in [-0.1, -0.05) is 61.9 Å². The first-order chi connectivity index (χ1) is 15.8. The molecule has 0 saturated heterocycles. The minimum absolute atomic E-state index is 0.0637. The van der Waals surface area contributed by atoms with Crippen LogP contribution in [0.2, 0.25) is 0 Å². The number of rotatable bonds is 10. The van der Waals surface area contributed by atoms with E-state index < -0.39 is 18.1 Å². The van der Waals surface area contributed by atoms with Gasteiger partial charge in [-0.25, -0.2) is 4.79 Å². The molecule has 176 valence electrons. The Kier molecular flexibility index (Phi) is 8.09. The van der Waals surface area contributed by atoms with Crippen molar-refractivity contribution in [3.05, 3.63) is 59.7 Å². The van der Waals surface area contributed by atoms with Crippen LogP contribution in [0.1, 0.15) is 57.1 Å². The van der Waals surface area contributed by atoms with E-state index >= 15 is 0 Å². The van der Waals surface area contributed by atoms with Crippen LogP contribution in [0.4, 0.5) is 4.79 Å². The summed E-state index contributed by atoms with van der Waals surface area (Å²) in [6, 6.07) is 15.2. The second-order valence-electron chi connectivity index (χ2n) is 8.58. The third kappa shape index (κ3) is 5.72. The van der Waals surface area contributed by atoms with E-state index in [-0.39, 0.29) is 37.4 Å². The number of amides is 2. The van der Waals surface area contributed by atoms with Gasteiger partial charge in [0, 0.05) is 18.5 Å². The molecular weight excluding hydrogens is 420 g/mol. The number of nitrogens with zero attached hydrogens (tertiary/aromatic N) is 1. The summed E-state index contributed by atoms with van der Waals surface area (Å²) in [6.07, 6.45) is 0.336. The fraction of sp³-hybridized carbons (Fsp3) is 0.423. The lowest BCUT2D eigenvalue weighted by molar-refractivity contribution is -0.140. The SMILES string of the molecule is CCCC(NC(=O)OCC1c2ccccc2-c2ccccc21)C(=O)N(CCC(=O)O)C(C)C. The molecule has 0 aliphatic heterocycles. The smallest absolute Gasteiger partial charge is 0.407 e. The molecule has 2 N–H and O–H groups in total. The Hall–Kier alpha value is -3.35. The first-order valence-corrected chi connectivity index (χ1v) is 11.5. The molecule has 7 nitrogen and oxygen atoms in total. The summed E-state index contributed by atoms with van der Waals surface area (Å²) in [5, 5.41) is 11.7. The lowest BCUT2D eigenvalue weighted by Crippen LogP contribution is -2.51. The Balaban J connectivity index is 1.67. The number of alkyl carbamates (subject to hydrolysis) is 1. The first kappa shape index (κ1) is 24.3. The quantitative estimate of drug-likeness (QED) is 0.557. The van der Waals surface area contributed by atoms with Gasteiger partial charge >= 0.3 is 12.1 Å². The Morgan fingerprint density at radius 3 is 2.12 bits per heavy atom. The van der Waals surface area contributed by atoms with Crippen LogP contribution in [0.5, 0.6) is 0 Å². The summed E-state index contributed by atoms with van der Waals surface area (Å²) in [4.78, 5) is 38.2. The molecule has 7 heteroatoms. The zero-order valence-corrected chi connectivity index (χ0v) is 19.4. The van der Waals surface area contributed by atoms with Gasteiger partial charge in [-0.15, -0.1) is 0 Å². The number of carbonyl (C=O) groups is 3. The van der Waals surface area contributed by atoms with Crippen LogP contribution in [0.25, 0.3) is 11.1 Å². The van der Waals surface area contributed by atoms with Crippen molar-refractivity contribution >= 4 is 18.0 Å². The van der Waals surface area contributed by atoms with Gasteiger partial charge in [0.05, 0.1) is 6.42 Å². The number of carboxylic acid groups (broad SMARTS) is 1. The van der Waals surface area contributed by atoms with Crippen molar-refractivity contribution in [3.63, 3.8) is 0 Å². The number of ether oxygens (including phenoxy) is 1. The molecule has 2 amide bonds. The molecule has 33 heavy (non-hydrogen) atoms. The molecule has 1 aliphatic rings. The Labute approximate surface area is 194 Å². The van der Waals surface area contributed by atoms with Crippen molar-refractivity contribution in [2.45, 2.75) is 58.0 Å². The van der Waals surface area contributed by atoms with Crippen molar-refractivity contribution in [2.75, 3.05) is 13.2 Å². The number of hydrogen-bond donors (Lipinski definition) is 2. The minimum atomic E-state index is -0.968. The zero-order valence-electron chi connectivity index (χ0n) is 19.4. The number of nitrogens with one attached hydrogen (secondary N) is 1. The van der Waals surface area contributed by atoms with E-state index in [0.717, 1.165) is 22.3 Å². The number of aliphatic carboxylic acids is 1. The molecule has 2 aromatic carbocycles. The van der Waals surface area contributed by atoms with Gasteiger partial charge in [-0.3, -0.25) is 9.59 Å². The largest absolute Gasteiger partial charge is 0.481 e. The Morgan fingerprint density at radius 1 is 1.03 bits per heavy atom. The predicted octanol–water partition coefficient (Wildman–Crippen LogP) is 4.41. The van der Waals surface area contributed by atoms with E-state index in [2.05, 4.69) is 17.4 Å². The van der Waals surface area contributed by atoms with Gasteiger partial charge in [0.2, 0.25) is 5.91 Å². The third-order valence-electron chi connectivity index (χ3n) is 5.98. The van der Waals surface area contributed by atoms with Crippen molar-refractivity contribution in [1.82, 2.24) is 10.2 Å². The summed E-state index contributed by atoms with van der Waals surface area (Å²) < 4.78 is 5.59. The van der Waals surface area contributed by atoms with Gasteiger partial charge in [0.15, 0.2) is 0 Å². The fourth-order valence-corrected chi connectivity index (χ4v) is 4.37. The van der Waals surface area contributed by atoms with Gasteiger partial charge in [-0.05, 0) is 42.5 Å². The molecule has 1 aliphatic carbocycles. The van der Waals surface area contributed by atoms with Crippen molar-refractivity contribution in [3.8, 4) is 11.1 Å². The van der Waals surface area contributed by atoms with Crippen LogP contribution in [0.15, 0.2) is 48.5 Å². The highest BCUT2D eigenvalue weighted by atomic mass is 16.5. The van der Waals surface area contributed by atoms with E-state index in [1.165, 1.54) is 4.90 Å². The molecule has 0 bridgehead atoms. The summed E-state index contributed by atoms with van der Waals surface area (Å²) in [7, 11) is 0. The summed E-state index contributed by atoms with van der Waals surface area (Å²) in [6.45, 7) is 5.85. The fourth-order valence-electron chi connectivity index (χ4n) is 4.37. The molecule has 0 fully saturated rings. The topological polar surface area (TPSA) is 95.9 Å². The Morgan fingerprint density at radius 2 is 1.61 bits per heavy atom. The molecule has 1 atom stereocenters. The van der Waals surface area contributed by atoms with E-state index in [4.69, 9.17) is 9.84 Å². The monoisotopic (exact) mass is 452 g/mol. The second-order valence-corrected chi connectivity index (χ2v) is 8.58. The maximum absolute atomic E-state index is 13.1. The molecule has 2 aromatic rings. The normalized spacial score (nSPS) is 13.2. The maximum atomic E-state index is 13.1. The van der Waals surface area contributed by atoms with E-state index in [0.29, 0.717) is 12.8 Å². The number of fused-ring (bicyclic) bond motifs is 3. The lowest BCUT2D eigenvalue weighted by atomic mass is 9.98. The molecule has 1 unspecified atom stereocenters. The summed E-state index contributed by atoms with van der Waals surface area (Å²) >= 11 is 0. The Bertz CT molecular complexity index is 958. The number of carboxylic acids is 1. The predicted molar refractivity (Wildman–Crippen MR) is 126 cm³/mol. The molecule has 0 heterocycles. The van der Waals surface area contributed by atoms with Crippen LogP contribution in [-0.2, 0) is 14.3 Å². The molecule has 0 aromatic heterocycles. The average molecular weight is 453 g/mol. The lowest BCUT2D eigenvalue weighted by Gasteiger charge is -2.30. The molecule has 0 saturated carbocycles. The second kappa shape index (κ2) is 11.0. The molecule has 0 radical (unpaired) electrons. The van der Waals surface area contributed by atoms with Crippen molar-refractivity contribution in [2.24, 2.45) is 0 Å².